The zero-order valence-corrected chi connectivity index (χ0v) is 11.4. The molecule has 5 nitrogen and oxygen atoms in total. The lowest BCUT2D eigenvalue weighted by molar-refractivity contribution is 0.133. The van der Waals surface area contributed by atoms with E-state index in [-0.39, 0.29) is 0 Å². The lowest BCUT2D eigenvalue weighted by Gasteiger charge is -2.23. The van der Waals surface area contributed by atoms with Crippen molar-refractivity contribution in [1.82, 2.24) is 4.72 Å². The van der Waals surface area contributed by atoms with Crippen molar-refractivity contribution in [2.45, 2.75) is 31.9 Å². The van der Waals surface area contributed by atoms with E-state index in [1.807, 2.05) is 11.6 Å². The van der Waals surface area contributed by atoms with Crippen LogP contribution in [-0.4, -0.2) is 24.1 Å². The van der Waals surface area contributed by atoms with Crippen LogP contribution >= 0.6 is 11.6 Å². The molecule has 0 spiro atoms. The molecule has 0 aliphatic rings. The zero-order chi connectivity index (χ0) is 13.8. The molecule has 0 radical (unpaired) electrons. The Hall–Kier alpha value is -0.660. The molecule has 0 unspecified atom stereocenters. The lowest BCUT2D eigenvalue weighted by Crippen LogP contribution is -2.38. The van der Waals surface area contributed by atoms with Crippen LogP contribution in [0.25, 0.3) is 0 Å². The molecule has 0 amide bonds. The topological polar surface area (TPSA) is 86.6 Å². The number of aliphatic hydroxyl groups excluding tert-OH is 1. The van der Waals surface area contributed by atoms with Crippen molar-refractivity contribution in [3.05, 3.63) is 34.9 Å². The molecule has 0 saturated heterocycles. The van der Waals surface area contributed by atoms with Gasteiger partial charge in [-0.15, -0.1) is 0 Å². The lowest BCUT2D eigenvalue weighted by atomic mass is 9.99. The van der Waals surface area contributed by atoms with Gasteiger partial charge in [0, 0.05) is 10.6 Å². The SMILES string of the molecule is CCC[C@@H](NS(=O)(=O)O)[C@H](O)c1ccccc1Cl. The highest BCUT2D eigenvalue weighted by Crippen LogP contribution is 2.26. The summed E-state index contributed by atoms with van der Waals surface area (Å²) >= 11 is 5.93. The van der Waals surface area contributed by atoms with Gasteiger partial charge in [0.05, 0.1) is 12.1 Å². The maximum Gasteiger partial charge on any atom is 0.333 e. The summed E-state index contributed by atoms with van der Waals surface area (Å²) in [4.78, 5) is 0. The number of hydrogen-bond acceptors (Lipinski definition) is 3. The summed E-state index contributed by atoms with van der Waals surface area (Å²) in [5.41, 5.74) is 0.425. The fourth-order valence-corrected chi connectivity index (χ4v) is 2.59. The van der Waals surface area contributed by atoms with Crippen molar-refractivity contribution < 1.29 is 18.1 Å². The van der Waals surface area contributed by atoms with E-state index in [2.05, 4.69) is 0 Å². The molecule has 0 fully saturated rings. The first-order valence-electron chi connectivity index (χ1n) is 5.52. The Kier molecular flexibility index (Phi) is 5.55. The van der Waals surface area contributed by atoms with Gasteiger partial charge in [0.1, 0.15) is 0 Å². The average molecular weight is 294 g/mol. The van der Waals surface area contributed by atoms with Crippen LogP contribution in [0.1, 0.15) is 31.4 Å². The van der Waals surface area contributed by atoms with Crippen LogP contribution in [0, 0.1) is 0 Å². The largest absolute Gasteiger partial charge is 0.387 e. The Bertz CT molecular complexity index is 492. The Balaban J connectivity index is 2.96. The molecule has 2 atom stereocenters. The monoisotopic (exact) mass is 293 g/mol. The summed E-state index contributed by atoms with van der Waals surface area (Å²) in [5.74, 6) is 0. The first kappa shape index (κ1) is 15.4. The molecule has 0 aliphatic heterocycles. The Labute approximate surface area is 112 Å². The number of hydrogen-bond donors (Lipinski definition) is 3. The fourth-order valence-electron chi connectivity index (χ4n) is 1.72. The molecule has 1 rings (SSSR count). The molecule has 102 valence electrons. The highest BCUT2D eigenvalue weighted by atomic mass is 35.5. The molecule has 0 saturated carbocycles. The molecule has 0 aromatic heterocycles. The smallest absolute Gasteiger partial charge is 0.333 e. The number of aliphatic hydroxyl groups is 1. The van der Waals surface area contributed by atoms with E-state index in [9.17, 15) is 13.5 Å². The van der Waals surface area contributed by atoms with Crippen LogP contribution in [0.3, 0.4) is 0 Å². The molecule has 0 heterocycles. The zero-order valence-electron chi connectivity index (χ0n) is 9.88. The summed E-state index contributed by atoms with van der Waals surface area (Å²) < 4.78 is 32.5. The molecule has 7 heteroatoms. The van der Waals surface area contributed by atoms with Gasteiger partial charge in [0.15, 0.2) is 0 Å². The third-order valence-corrected chi connectivity index (χ3v) is 3.45. The van der Waals surface area contributed by atoms with E-state index in [1.54, 1.807) is 24.3 Å². The maximum atomic E-state index is 10.8. The molecule has 18 heavy (non-hydrogen) atoms. The second kappa shape index (κ2) is 6.49. The molecule has 1 aromatic carbocycles. The second-order valence-corrected chi connectivity index (χ2v) is 5.55. The van der Waals surface area contributed by atoms with E-state index in [0.717, 1.165) is 0 Å². The van der Waals surface area contributed by atoms with Gasteiger partial charge in [0.2, 0.25) is 0 Å². The van der Waals surface area contributed by atoms with Gasteiger partial charge < -0.3 is 5.11 Å². The summed E-state index contributed by atoms with van der Waals surface area (Å²) in [6, 6.07) is 5.81. The Morgan fingerprint density at radius 3 is 2.50 bits per heavy atom. The van der Waals surface area contributed by atoms with Gasteiger partial charge in [-0.25, -0.2) is 0 Å². The summed E-state index contributed by atoms with van der Waals surface area (Å²) in [7, 11) is -4.36. The van der Waals surface area contributed by atoms with Crippen LogP contribution in [0.2, 0.25) is 5.02 Å². The van der Waals surface area contributed by atoms with Crippen molar-refractivity contribution in [2.75, 3.05) is 0 Å². The molecule has 0 bridgehead atoms. The minimum Gasteiger partial charge on any atom is -0.387 e. The normalized spacial score (nSPS) is 15.3. The van der Waals surface area contributed by atoms with E-state index < -0.39 is 22.4 Å². The van der Waals surface area contributed by atoms with Crippen LogP contribution < -0.4 is 4.72 Å². The van der Waals surface area contributed by atoms with E-state index in [0.29, 0.717) is 23.4 Å². The third kappa shape index (κ3) is 4.55. The van der Waals surface area contributed by atoms with Gasteiger partial charge in [0.25, 0.3) is 0 Å². The van der Waals surface area contributed by atoms with Gasteiger partial charge in [-0.3, -0.25) is 4.55 Å². The van der Waals surface area contributed by atoms with E-state index in [1.165, 1.54) is 0 Å². The maximum absolute atomic E-state index is 10.8. The quantitative estimate of drug-likeness (QED) is 0.700. The number of nitrogens with one attached hydrogen (secondary N) is 1. The highest BCUT2D eigenvalue weighted by molar-refractivity contribution is 7.83. The van der Waals surface area contributed by atoms with Crippen LogP contribution in [-0.2, 0) is 10.3 Å². The first-order valence-corrected chi connectivity index (χ1v) is 7.34. The number of benzene rings is 1. The molecular weight excluding hydrogens is 278 g/mol. The summed E-state index contributed by atoms with van der Waals surface area (Å²) in [6.07, 6.45) is -0.0819. The van der Waals surface area contributed by atoms with Crippen LogP contribution in [0.15, 0.2) is 24.3 Å². The minimum atomic E-state index is -4.36. The molecule has 1 aromatic rings. The van der Waals surface area contributed by atoms with Crippen molar-refractivity contribution in [3.8, 4) is 0 Å². The van der Waals surface area contributed by atoms with E-state index in [4.69, 9.17) is 16.2 Å². The molecular formula is C11H16ClNO4S. The summed E-state index contributed by atoms with van der Waals surface area (Å²) in [5, 5.41) is 10.5. The van der Waals surface area contributed by atoms with Crippen molar-refractivity contribution in [3.63, 3.8) is 0 Å². The van der Waals surface area contributed by atoms with Crippen molar-refractivity contribution >= 4 is 21.9 Å². The van der Waals surface area contributed by atoms with Crippen molar-refractivity contribution in [1.29, 1.82) is 0 Å². The van der Waals surface area contributed by atoms with Gasteiger partial charge in [-0.05, 0) is 12.5 Å². The first-order chi connectivity index (χ1) is 8.35. The van der Waals surface area contributed by atoms with Crippen LogP contribution in [0.4, 0.5) is 0 Å². The average Bonchev–Trinajstić information content (AvgIpc) is 2.26. The van der Waals surface area contributed by atoms with Gasteiger partial charge >= 0.3 is 10.3 Å². The fraction of sp³-hybridized carbons (Fsp3) is 0.455. The predicted molar refractivity (Wildman–Crippen MR) is 69.8 cm³/mol. The second-order valence-electron chi connectivity index (χ2n) is 3.95. The van der Waals surface area contributed by atoms with Crippen molar-refractivity contribution in [2.24, 2.45) is 0 Å². The summed E-state index contributed by atoms with van der Waals surface area (Å²) in [6.45, 7) is 1.85. The molecule has 3 N–H and O–H groups in total. The minimum absolute atomic E-state index is 0.350. The Morgan fingerprint density at radius 1 is 1.39 bits per heavy atom. The molecule has 0 aliphatic carbocycles. The predicted octanol–water partition coefficient (Wildman–Crippen LogP) is 1.93. The third-order valence-electron chi connectivity index (χ3n) is 2.50. The van der Waals surface area contributed by atoms with Gasteiger partial charge in [-0.2, -0.15) is 13.1 Å². The number of rotatable bonds is 6. The van der Waals surface area contributed by atoms with E-state index >= 15 is 0 Å². The Morgan fingerprint density at radius 2 is 2.00 bits per heavy atom. The van der Waals surface area contributed by atoms with Gasteiger partial charge in [-0.1, -0.05) is 43.1 Å². The van der Waals surface area contributed by atoms with Crippen LogP contribution in [0.5, 0.6) is 0 Å². The number of halogens is 1. The highest BCUT2D eigenvalue weighted by Gasteiger charge is 2.25. The standard InChI is InChI=1S/C11H16ClNO4S/c1-2-5-10(13-18(15,16)17)11(14)8-6-3-4-7-9(8)12/h3-4,6-7,10-11,13-14H,2,5H2,1H3,(H,15,16,17)/t10-,11-/m1/s1.